The molecule has 0 aliphatic carbocycles. The van der Waals surface area contributed by atoms with E-state index in [4.69, 9.17) is 0 Å². The minimum atomic E-state index is 0.900. The largest absolute Gasteiger partial charge is 0.382 e. The van der Waals surface area contributed by atoms with Gasteiger partial charge in [-0.3, -0.25) is 9.67 Å². The van der Waals surface area contributed by atoms with Crippen LogP contribution in [0.5, 0.6) is 0 Å². The van der Waals surface area contributed by atoms with Crippen LogP contribution in [0.25, 0.3) is 0 Å². The van der Waals surface area contributed by atoms with Crippen molar-refractivity contribution >= 4 is 5.69 Å². The lowest BCUT2D eigenvalue weighted by Gasteiger charge is -2.02. The Morgan fingerprint density at radius 2 is 2.33 bits per heavy atom. The van der Waals surface area contributed by atoms with Crippen LogP contribution in [0.3, 0.4) is 0 Å². The number of rotatable bonds is 4. The summed E-state index contributed by atoms with van der Waals surface area (Å²) in [5.41, 5.74) is 2.30. The molecule has 0 aliphatic heterocycles. The lowest BCUT2D eigenvalue weighted by molar-refractivity contribution is 0.768. The summed E-state index contributed by atoms with van der Waals surface area (Å²) >= 11 is 0. The third-order valence-corrected chi connectivity index (χ3v) is 2.17. The van der Waals surface area contributed by atoms with Gasteiger partial charge in [0, 0.05) is 32.2 Å². The Labute approximate surface area is 89.0 Å². The van der Waals surface area contributed by atoms with Crippen molar-refractivity contribution in [2.45, 2.75) is 6.42 Å². The Bertz CT molecular complexity index is 408. The predicted molar refractivity (Wildman–Crippen MR) is 59.6 cm³/mol. The Morgan fingerprint density at radius 1 is 1.40 bits per heavy atom. The molecule has 0 fully saturated rings. The minimum absolute atomic E-state index is 0.900. The van der Waals surface area contributed by atoms with Crippen molar-refractivity contribution in [3.63, 3.8) is 0 Å². The fourth-order valence-corrected chi connectivity index (χ4v) is 1.41. The Kier molecular flexibility index (Phi) is 2.97. The van der Waals surface area contributed by atoms with Gasteiger partial charge < -0.3 is 5.32 Å². The minimum Gasteiger partial charge on any atom is -0.382 e. The van der Waals surface area contributed by atoms with Crippen LogP contribution in [0.15, 0.2) is 36.9 Å². The first-order valence-electron chi connectivity index (χ1n) is 4.96. The van der Waals surface area contributed by atoms with Gasteiger partial charge in [-0.15, -0.1) is 0 Å². The smallest absolute Gasteiger partial charge is 0.0726 e. The Hall–Kier alpha value is -1.84. The van der Waals surface area contributed by atoms with Gasteiger partial charge in [-0.1, -0.05) is 6.07 Å². The standard InChI is InChI=1S/C11H14N4/c1-15-9-11(8-14-15)13-6-4-10-3-2-5-12-7-10/h2-3,5,7-9,13H,4,6H2,1H3. The van der Waals surface area contributed by atoms with E-state index in [1.807, 2.05) is 31.7 Å². The predicted octanol–water partition coefficient (Wildman–Crippen LogP) is 1.47. The highest BCUT2D eigenvalue weighted by atomic mass is 15.3. The van der Waals surface area contributed by atoms with Gasteiger partial charge in [0.05, 0.1) is 11.9 Å². The van der Waals surface area contributed by atoms with Gasteiger partial charge in [0.1, 0.15) is 0 Å². The zero-order valence-corrected chi connectivity index (χ0v) is 8.72. The molecule has 0 amide bonds. The molecule has 0 aliphatic rings. The van der Waals surface area contributed by atoms with Gasteiger partial charge >= 0.3 is 0 Å². The topological polar surface area (TPSA) is 42.7 Å². The molecule has 2 heterocycles. The first kappa shape index (κ1) is 9.71. The normalized spacial score (nSPS) is 10.2. The number of hydrogen-bond donors (Lipinski definition) is 1. The van der Waals surface area contributed by atoms with Gasteiger partial charge in [0.25, 0.3) is 0 Å². The van der Waals surface area contributed by atoms with E-state index in [1.54, 1.807) is 10.9 Å². The molecule has 0 radical (unpaired) electrons. The average Bonchev–Trinajstić information content (AvgIpc) is 2.66. The van der Waals surface area contributed by atoms with Gasteiger partial charge in [0.2, 0.25) is 0 Å². The van der Waals surface area contributed by atoms with Crippen molar-refractivity contribution in [1.82, 2.24) is 14.8 Å². The van der Waals surface area contributed by atoms with Crippen LogP contribution in [0.4, 0.5) is 5.69 Å². The van der Waals surface area contributed by atoms with Crippen LogP contribution >= 0.6 is 0 Å². The zero-order chi connectivity index (χ0) is 10.5. The lowest BCUT2D eigenvalue weighted by atomic mass is 10.2. The van der Waals surface area contributed by atoms with E-state index < -0.39 is 0 Å². The van der Waals surface area contributed by atoms with Crippen molar-refractivity contribution < 1.29 is 0 Å². The quantitative estimate of drug-likeness (QED) is 0.816. The van der Waals surface area contributed by atoms with Gasteiger partial charge in [0.15, 0.2) is 0 Å². The fraction of sp³-hybridized carbons (Fsp3) is 0.273. The molecule has 0 aromatic carbocycles. The summed E-state index contributed by atoms with van der Waals surface area (Å²) in [5.74, 6) is 0. The first-order valence-corrected chi connectivity index (χ1v) is 4.96. The number of hydrogen-bond acceptors (Lipinski definition) is 3. The fourth-order valence-electron chi connectivity index (χ4n) is 1.41. The molecule has 0 unspecified atom stereocenters. The van der Waals surface area contributed by atoms with Gasteiger partial charge in [-0.05, 0) is 18.1 Å². The van der Waals surface area contributed by atoms with E-state index in [0.717, 1.165) is 18.7 Å². The summed E-state index contributed by atoms with van der Waals surface area (Å²) in [7, 11) is 1.91. The van der Waals surface area contributed by atoms with Crippen molar-refractivity contribution in [2.24, 2.45) is 7.05 Å². The Morgan fingerprint density at radius 3 is 3.00 bits per heavy atom. The van der Waals surface area contributed by atoms with E-state index in [1.165, 1.54) is 5.56 Å². The molecular formula is C11H14N4. The second-order valence-electron chi connectivity index (χ2n) is 3.44. The number of nitrogens with zero attached hydrogens (tertiary/aromatic N) is 3. The van der Waals surface area contributed by atoms with E-state index in [2.05, 4.69) is 21.5 Å². The number of nitrogens with one attached hydrogen (secondary N) is 1. The second-order valence-corrected chi connectivity index (χ2v) is 3.44. The van der Waals surface area contributed by atoms with Crippen LogP contribution < -0.4 is 5.32 Å². The SMILES string of the molecule is Cn1cc(NCCc2cccnc2)cn1. The molecule has 0 bridgehead atoms. The maximum atomic E-state index is 4.08. The summed E-state index contributed by atoms with van der Waals surface area (Å²) in [6.45, 7) is 0.900. The molecule has 0 spiro atoms. The molecule has 2 aromatic heterocycles. The van der Waals surface area contributed by atoms with E-state index in [0.29, 0.717) is 0 Å². The molecular weight excluding hydrogens is 188 g/mol. The molecule has 0 saturated carbocycles. The number of pyridine rings is 1. The highest BCUT2D eigenvalue weighted by Crippen LogP contribution is 2.04. The van der Waals surface area contributed by atoms with Crippen LogP contribution in [0.2, 0.25) is 0 Å². The maximum absolute atomic E-state index is 4.08. The van der Waals surface area contributed by atoms with Crippen LogP contribution in [0, 0.1) is 0 Å². The third kappa shape index (κ3) is 2.80. The third-order valence-electron chi connectivity index (χ3n) is 2.17. The Balaban J connectivity index is 1.80. The van der Waals surface area contributed by atoms with E-state index in [9.17, 15) is 0 Å². The van der Waals surface area contributed by atoms with Gasteiger partial charge in [-0.25, -0.2) is 0 Å². The van der Waals surface area contributed by atoms with Gasteiger partial charge in [-0.2, -0.15) is 5.10 Å². The first-order chi connectivity index (χ1) is 7.34. The molecule has 78 valence electrons. The van der Waals surface area contributed by atoms with Crippen molar-refractivity contribution in [2.75, 3.05) is 11.9 Å². The maximum Gasteiger partial charge on any atom is 0.0726 e. The highest BCUT2D eigenvalue weighted by Gasteiger charge is 1.95. The molecule has 15 heavy (non-hydrogen) atoms. The number of aromatic nitrogens is 3. The zero-order valence-electron chi connectivity index (χ0n) is 8.72. The molecule has 1 N–H and O–H groups in total. The van der Waals surface area contributed by atoms with Crippen molar-refractivity contribution in [3.05, 3.63) is 42.5 Å². The number of aryl methyl sites for hydroxylation is 1. The molecule has 4 nitrogen and oxygen atoms in total. The van der Waals surface area contributed by atoms with Crippen molar-refractivity contribution in [1.29, 1.82) is 0 Å². The molecule has 4 heteroatoms. The molecule has 0 atom stereocenters. The molecule has 2 rings (SSSR count). The number of anilines is 1. The van der Waals surface area contributed by atoms with Crippen molar-refractivity contribution in [3.8, 4) is 0 Å². The molecule has 2 aromatic rings. The second kappa shape index (κ2) is 4.59. The van der Waals surface area contributed by atoms with E-state index >= 15 is 0 Å². The summed E-state index contributed by atoms with van der Waals surface area (Å²) in [6, 6.07) is 4.04. The van der Waals surface area contributed by atoms with E-state index in [-0.39, 0.29) is 0 Å². The summed E-state index contributed by atoms with van der Waals surface area (Å²) in [4.78, 5) is 4.07. The lowest BCUT2D eigenvalue weighted by Crippen LogP contribution is -2.04. The monoisotopic (exact) mass is 202 g/mol. The summed E-state index contributed by atoms with van der Waals surface area (Å²) in [6.07, 6.45) is 8.44. The average molecular weight is 202 g/mol. The summed E-state index contributed by atoms with van der Waals surface area (Å²) in [5, 5.41) is 7.39. The van der Waals surface area contributed by atoms with Crippen LogP contribution in [-0.2, 0) is 13.5 Å². The molecule has 0 saturated heterocycles. The summed E-state index contributed by atoms with van der Waals surface area (Å²) < 4.78 is 1.78. The van der Waals surface area contributed by atoms with Crippen LogP contribution in [-0.4, -0.2) is 21.3 Å². The van der Waals surface area contributed by atoms with Crippen LogP contribution in [0.1, 0.15) is 5.56 Å². The highest BCUT2D eigenvalue weighted by molar-refractivity contribution is 5.38.